The molecule has 1 heterocycles. The molecule has 0 saturated heterocycles. The second-order valence-electron chi connectivity index (χ2n) is 6.86. The Morgan fingerprint density at radius 1 is 1.36 bits per heavy atom. The van der Waals surface area contributed by atoms with Crippen LogP contribution in [0.25, 0.3) is 0 Å². The first-order valence-corrected chi connectivity index (χ1v) is 8.47. The van der Waals surface area contributed by atoms with Crippen LogP contribution in [0, 0.1) is 11.7 Å². The van der Waals surface area contributed by atoms with Gasteiger partial charge in [0.15, 0.2) is 0 Å². The van der Waals surface area contributed by atoms with Gasteiger partial charge in [0, 0.05) is 13.1 Å². The van der Waals surface area contributed by atoms with Crippen LogP contribution in [-0.2, 0) is 12.1 Å². The predicted octanol–water partition coefficient (Wildman–Crippen LogP) is 2.79. The van der Waals surface area contributed by atoms with Crippen LogP contribution in [0.1, 0.15) is 50.2 Å². The Labute approximate surface area is 131 Å². The molecule has 1 aromatic rings. The van der Waals surface area contributed by atoms with E-state index in [0.29, 0.717) is 13.1 Å². The molecule has 0 bridgehead atoms. The first-order valence-electron chi connectivity index (χ1n) is 8.47. The second kappa shape index (κ2) is 6.26. The van der Waals surface area contributed by atoms with E-state index in [1.54, 1.807) is 6.07 Å². The van der Waals surface area contributed by atoms with Gasteiger partial charge in [0.2, 0.25) is 0 Å². The smallest absolute Gasteiger partial charge is 0.123 e. The second-order valence-corrected chi connectivity index (χ2v) is 6.86. The summed E-state index contributed by atoms with van der Waals surface area (Å²) < 4.78 is 13.7. The molecule has 1 saturated carbocycles. The summed E-state index contributed by atoms with van der Waals surface area (Å²) in [5.74, 6) is -0.195. The number of hydrogen-bond donors (Lipinski definition) is 2. The number of rotatable bonds is 4. The lowest BCUT2D eigenvalue weighted by atomic mass is 9.66. The third-order valence-corrected chi connectivity index (χ3v) is 5.39. The van der Waals surface area contributed by atoms with Gasteiger partial charge in [0.1, 0.15) is 11.4 Å². The van der Waals surface area contributed by atoms with Crippen LogP contribution >= 0.6 is 0 Å². The number of aliphatic hydroxyl groups is 2. The predicted molar refractivity (Wildman–Crippen MR) is 83.8 cm³/mol. The summed E-state index contributed by atoms with van der Waals surface area (Å²) in [6.45, 7) is 4.04. The van der Waals surface area contributed by atoms with Crippen LogP contribution in [-0.4, -0.2) is 34.3 Å². The molecule has 3 rings (SSSR count). The van der Waals surface area contributed by atoms with E-state index < -0.39 is 11.7 Å². The lowest BCUT2D eigenvalue weighted by Gasteiger charge is -2.44. The minimum absolute atomic E-state index is 0.0813. The van der Waals surface area contributed by atoms with Crippen molar-refractivity contribution >= 4 is 0 Å². The normalized spacial score (nSPS) is 29.7. The minimum atomic E-state index is -1.23. The quantitative estimate of drug-likeness (QED) is 0.899. The molecule has 0 amide bonds. The highest BCUT2D eigenvalue weighted by Gasteiger charge is 2.49. The Balaban J connectivity index is 1.99. The van der Waals surface area contributed by atoms with Gasteiger partial charge in [-0.3, -0.25) is 4.90 Å². The molecule has 3 nitrogen and oxygen atoms in total. The van der Waals surface area contributed by atoms with Crippen LogP contribution in [0.3, 0.4) is 0 Å². The van der Waals surface area contributed by atoms with Crippen LogP contribution in [0.5, 0.6) is 0 Å². The van der Waals surface area contributed by atoms with E-state index in [2.05, 4.69) is 11.8 Å². The van der Waals surface area contributed by atoms with E-state index in [1.165, 1.54) is 12.1 Å². The maximum Gasteiger partial charge on any atom is 0.123 e. The molecule has 4 heteroatoms. The third kappa shape index (κ3) is 2.68. The van der Waals surface area contributed by atoms with Gasteiger partial charge in [0.05, 0.1) is 6.10 Å². The molecule has 1 aromatic carbocycles. The molecule has 1 aliphatic heterocycles. The third-order valence-electron chi connectivity index (χ3n) is 5.39. The zero-order valence-electron chi connectivity index (χ0n) is 13.3. The van der Waals surface area contributed by atoms with Crippen LogP contribution in [0.2, 0.25) is 0 Å². The summed E-state index contributed by atoms with van der Waals surface area (Å²) in [4.78, 5) is 2.14. The molecule has 0 aromatic heterocycles. The first kappa shape index (κ1) is 15.9. The largest absolute Gasteiger partial charge is 0.388 e. The number of unbranched alkanes of at least 4 members (excludes halogenated alkanes) is 1. The fourth-order valence-electron chi connectivity index (χ4n) is 3.84. The zero-order chi connectivity index (χ0) is 15.7. The molecule has 1 aliphatic carbocycles. The highest BCUT2D eigenvalue weighted by atomic mass is 19.1. The summed E-state index contributed by atoms with van der Waals surface area (Å²) in [5.41, 5.74) is 0.314. The van der Waals surface area contributed by atoms with Crippen molar-refractivity contribution in [2.75, 3.05) is 13.1 Å². The molecule has 2 aliphatic rings. The van der Waals surface area contributed by atoms with Crippen molar-refractivity contribution in [1.82, 2.24) is 4.90 Å². The average Bonchev–Trinajstić information content (AvgIpc) is 2.51. The van der Waals surface area contributed by atoms with Gasteiger partial charge in [-0.1, -0.05) is 25.8 Å². The van der Waals surface area contributed by atoms with Crippen molar-refractivity contribution in [1.29, 1.82) is 0 Å². The van der Waals surface area contributed by atoms with Crippen LogP contribution < -0.4 is 0 Å². The molecule has 0 unspecified atom stereocenters. The number of hydrogen-bond acceptors (Lipinski definition) is 3. The Morgan fingerprint density at radius 2 is 2.14 bits per heavy atom. The van der Waals surface area contributed by atoms with E-state index in [-0.39, 0.29) is 11.7 Å². The highest BCUT2D eigenvalue weighted by Crippen LogP contribution is 2.47. The maximum absolute atomic E-state index is 13.7. The van der Waals surface area contributed by atoms with Gasteiger partial charge >= 0.3 is 0 Å². The van der Waals surface area contributed by atoms with Gasteiger partial charge in [-0.25, -0.2) is 4.39 Å². The number of β-amino-alcohol motifs (C(OH)–C–C–N with tert-alkyl or cyclic N) is 1. The zero-order valence-corrected chi connectivity index (χ0v) is 13.3. The van der Waals surface area contributed by atoms with Crippen LogP contribution in [0.15, 0.2) is 18.2 Å². The molecule has 1 fully saturated rings. The summed E-state index contributed by atoms with van der Waals surface area (Å²) in [6.07, 6.45) is 4.25. The number of nitrogens with zero attached hydrogens (tertiary/aromatic N) is 1. The standard InChI is InChI=1S/C18H26FNO2/c1-2-3-9-20-11-13-10-15(19)7-8-16(13)18(22,17(21)12-20)14-5-4-6-14/h7-8,10,14,17,21-22H,2-6,9,11-12H2,1H3/t17-,18+/m0/s1. The van der Waals surface area contributed by atoms with E-state index in [9.17, 15) is 14.6 Å². The fourth-order valence-corrected chi connectivity index (χ4v) is 3.84. The Kier molecular flexibility index (Phi) is 4.53. The van der Waals surface area contributed by atoms with Gasteiger partial charge in [-0.2, -0.15) is 0 Å². The van der Waals surface area contributed by atoms with Crippen molar-refractivity contribution in [3.05, 3.63) is 35.1 Å². The van der Waals surface area contributed by atoms with E-state index >= 15 is 0 Å². The van der Waals surface area contributed by atoms with E-state index in [4.69, 9.17) is 0 Å². The average molecular weight is 307 g/mol. The summed E-state index contributed by atoms with van der Waals surface area (Å²) in [7, 11) is 0. The van der Waals surface area contributed by atoms with E-state index in [0.717, 1.165) is 49.8 Å². The molecular formula is C18H26FNO2. The number of aliphatic hydroxyl groups excluding tert-OH is 1. The Morgan fingerprint density at radius 3 is 2.77 bits per heavy atom. The monoisotopic (exact) mass is 307 g/mol. The molecule has 0 spiro atoms. The molecular weight excluding hydrogens is 281 g/mol. The first-order chi connectivity index (χ1) is 10.6. The SMILES string of the molecule is CCCCN1Cc2cc(F)ccc2[C@](O)(C2CCC2)[C@@H](O)C1. The minimum Gasteiger partial charge on any atom is -0.388 e. The maximum atomic E-state index is 13.7. The molecule has 2 N–H and O–H groups in total. The lowest BCUT2D eigenvalue weighted by Crippen LogP contribution is -2.51. The van der Waals surface area contributed by atoms with Crippen molar-refractivity contribution in [3.8, 4) is 0 Å². The summed E-state index contributed by atoms with van der Waals surface area (Å²) >= 11 is 0. The van der Waals surface area contributed by atoms with Crippen molar-refractivity contribution in [2.45, 2.75) is 57.3 Å². The number of halogens is 1. The molecule has 0 radical (unpaired) electrons. The summed E-state index contributed by atoms with van der Waals surface area (Å²) in [6, 6.07) is 4.60. The lowest BCUT2D eigenvalue weighted by molar-refractivity contribution is -0.144. The fraction of sp³-hybridized carbons (Fsp3) is 0.667. The molecule has 2 atom stereocenters. The van der Waals surface area contributed by atoms with Gasteiger partial charge < -0.3 is 10.2 Å². The highest BCUT2D eigenvalue weighted by molar-refractivity contribution is 5.36. The van der Waals surface area contributed by atoms with Crippen LogP contribution in [0.4, 0.5) is 4.39 Å². The van der Waals surface area contributed by atoms with Gasteiger partial charge in [-0.05, 0) is 55.0 Å². The Hall–Kier alpha value is -0.970. The number of fused-ring (bicyclic) bond motifs is 1. The summed E-state index contributed by atoms with van der Waals surface area (Å²) in [5, 5.41) is 22.1. The number of benzene rings is 1. The molecule has 22 heavy (non-hydrogen) atoms. The Bertz CT molecular complexity index is 532. The molecule has 122 valence electrons. The topological polar surface area (TPSA) is 43.7 Å². The van der Waals surface area contributed by atoms with Crippen molar-refractivity contribution in [2.24, 2.45) is 5.92 Å². The van der Waals surface area contributed by atoms with Crippen molar-refractivity contribution < 1.29 is 14.6 Å². The van der Waals surface area contributed by atoms with Gasteiger partial charge in [-0.15, -0.1) is 0 Å². The van der Waals surface area contributed by atoms with Gasteiger partial charge in [0.25, 0.3) is 0 Å². The van der Waals surface area contributed by atoms with Crippen molar-refractivity contribution in [3.63, 3.8) is 0 Å². The van der Waals surface area contributed by atoms with E-state index in [1.807, 2.05) is 0 Å².